The van der Waals surface area contributed by atoms with Gasteiger partial charge >= 0.3 is 6.18 Å². The van der Waals surface area contributed by atoms with Gasteiger partial charge in [0.15, 0.2) is 5.78 Å². The number of ketones is 1. The van der Waals surface area contributed by atoms with Crippen LogP contribution in [0.15, 0.2) is 42.5 Å². The summed E-state index contributed by atoms with van der Waals surface area (Å²) in [5.74, 6) is -0.278. The Hall–Kier alpha value is -2.01. The molecule has 21 heavy (non-hydrogen) atoms. The van der Waals surface area contributed by atoms with Gasteiger partial charge in [-0.15, -0.1) is 0 Å². The van der Waals surface area contributed by atoms with Crippen LogP contribution in [0.1, 0.15) is 21.5 Å². The Labute approximate surface area is 124 Å². The lowest BCUT2D eigenvalue weighted by Gasteiger charge is -2.08. The smallest absolute Gasteiger partial charge is 0.399 e. The molecule has 0 spiro atoms. The first-order valence-electron chi connectivity index (χ1n) is 6.02. The summed E-state index contributed by atoms with van der Waals surface area (Å²) in [5.41, 5.74) is 6.01. The zero-order chi connectivity index (χ0) is 15.6. The summed E-state index contributed by atoms with van der Waals surface area (Å²) < 4.78 is 37.3. The summed E-state index contributed by atoms with van der Waals surface area (Å²) in [4.78, 5) is 12.1. The van der Waals surface area contributed by atoms with Crippen molar-refractivity contribution in [1.29, 1.82) is 0 Å². The molecule has 2 aromatic rings. The van der Waals surface area contributed by atoms with E-state index in [1.54, 1.807) is 6.07 Å². The topological polar surface area (TPSA) is 43.1 Å². The van der Waals surface area contributed by atoms with Crippen molar-refractivity contribution >= 4 is 23.1 Å². The number of hydrogen-bond acceptors (Lipinski definition) is 2. The van der Waals surface area contributed by atoms with Crippen LogP contribution < -0.4 is 5.73 Å². The molecular formula is C15H11ClF3NO. The Kier molecular flexibility index (Phi) is 4.23. The van der Waals surface area contributed by atoms with E-state index in [9.17, 15) is 18.0 Å². The fourth-order valence-electron chi connectivity index (χ4n) is 1.85. The molecule has 0 saturated heterocycles. The Balaban J connectivity index is 2.16. The van der Waals surface area contributed by atoms with E-state index in [4.69, 9.17) is 17.3 Å². The number of halogens is 4. The SMILES string of the molecule is Nc1ccc(C(=O)Cc2ccc(C(F)(F)F)cc2)c(Cl)c1. The molecule has 0 aliphatic heterocycles. The highest BCUT2D eigenvalue weighted by molar-refractivity contribution is 6.34. The highest BCUT2D eigenvalue weighted by Gasteiger charge is 2.30. The van der Waals surface area contributed by atoms with Gasteiger partial charge in [-0.2, -0.15) is 13.2 Å². The van der Waals surface area contributed by atoms with Gasteiger partial charge in [-0.1, -0.05) is 23.7 Å². The van der Waals surface area contributed by atoms with E-state index in [0.29, 0.717) is 16.8 Å². The molecule has 0 fully saturated rings. The van der Waals surface area contributed by atoms with Crippen LogP contribution in [-0.2, 0) is 12.6 Å². The first-order chi connectivity index (χ1) is 9.77. The van der Waals surface area contributed by atoms with Crippen LogP contribution in [0.4, 0.5) is 18.9 Å². The van der Waals surface area contributed by atoms with E-state index in [1.807, 2.05) is 0 Å². The first-order valence-corrected chi connectivity index (χ1v) is 6.39. The summed E-state index contributed by atoms with van der Waals surface area (Å²) >= 11 is 5.93. The molecule has 110 valence electrons. The van der Waals surface area contributed by atoms with E-state index in [0.717, 1.165) is 12.1 Å². The summed E-state index contributed by atoms with van der Waals surface area (Å²) in [6.45, 7) is 0. The molecule has 2 nitrogen and oxygen atoms in total. The molecule has 0 radical (unpaired) electrons. The number of rotatable bonds is 3. The van der Waals surface area contributed by atoms with E-state index in [-0.39, 0.29) is 17.2 Å². The monoisotopic (exact) mass is 313 g/mol. The van der Waals surface area contributed by atoms with Crippen molar-refractivity contribution in [2.24, 2.45) is 0 Å². The van der Waals surface area contributed by atoms with Crippen molar-refractivity contribution < 1.29 is 18.0 Å². The van der Waals surface area contributed by atoms with Gasteiger partial charge in [-0.05, 0) is 35.9 Å². The predicted octanol–water partition coefficient (Wildman–Crippen LogP) is 4.37. The van der Waals surface area contributed by atoms with Gasteiger partial charge in [0, 0.05) is 17.7 Å². The second-order valence-corrected chi connectivity index (χ2v) is 4.94. The number of carbonyl (C=O) groups is 1. The van der Waals surface area contributed by atoms with Crippen LogP contribution in [0.3, 0.4) is 0 Å². The second-order valence-electron chi connectivity index (χ2n) is 4.53. The van der Waals surface area contributed by atoms with Crippen LogP contribution in [0, 0.1) is 0 Å². The minimum Gasteiger partial charge on any atom is -0.399 e. The molecule has 2 aromatic carbocycles. The molecule has 0 heterocycles. The van der Waals surface area contributed by atoms with Gasteiger partial charge in [0.2, 0.25) is 0 Å². The molecule has 0 atom stereocenters. The predicted molar refractivity (Wildman–Crippen MR) is 75.3 cm³/mol. The Morgan fingerprint density at radius 1 is 1.10 bits per heavy atom. The summed E-state index contributed by atoms with van der Waals surface area (Å²) in [6, 6.07) is 8.98. The third-order valence-electron chi connectivity index (χ3n) is 2.94. The Bertz CT molecular complexity index is 666. The lowest BCUT2D eigenvalue weighted by molar-refractivity contribution is -0.137. The molecule has 2 N–H and O–H groups in total. The van der Waals surface area contributed by atoms with Gasteiger partial charge in [0.25, 0.3) is 0 Å². The molecule has 0 saturated carbocycles. The van der Waals surface area contributed by atoms with Crippen molar-refractivity contribution in [2.45, 2.75) is 12.6 Å². The first kappa shape index (κ1) is 15.4. The largest absolute Gasteiger partial charge is 0.416 e. The van der Waals surface area contributed by atoms with E-state index >= 15 is 0 Å². The normalized spacial score (nSPS) is 11.4. The van der Waals surface area contributed by atoms with E-state index in [2.05, 4.69) is 0 Å². The number of anilines is 1. The average Bonchev–Trinajstić information content (AvgIpc) is 2.38. The van der Waals surface area contributed by atoms with Gasteiger partial charge in [0.1, 0.15) is 0 Å². The van der Waals surface area contributed by atoms with Crippen molar-refractivity contribution in [2.75, 3.05) is 5.73 Å². The van der Waals surface area contributed by atoms with Crippen molar-refractivity contribution in [3.63, 3.8) is 0 Å². The molecule has 0 aromatic heterocycles. The third-order valence-corrected chi connectivity index (χ3v) is 3.25. The molecule has 0 aliphatic rings. The van der Waals surface area contributed by atoms with Crippen molar-refractivity contribution in [3.05, 3.63) is 64.2 Å². The zero-order valence-electron chi connectivity index (χ0n) is 10.7. The van der Waals surface area contributed by atoms with Crippen molar-refractivity contribution in [1.82, 2.24) is 0 Å². The minimum atomic E-state index is -4.39. The number of hydrogen-bond donors (Lipinski definition) is 1. The maximum Gasteiger partial charge on any atom is 0.416 e. The maximum atomic E-state index is 12.4. The molecule has 0 amide bonds. The van der Waals surface area contributed by atoms with E-state index in [1.165, 1.54) is 24.3 Å². The van der Waals surface area contributed by atoms with E-state index < -0.39 is 11.7 Å². The minimum absolute atomic E-state index is 0.0260. The molecule has 6 heteroatoms. The number of benzene rings is 2. The van der Waals surface area contributed by atoms with Crippen LogP contribution in [0.25, 0.3) is 0 Å². The second kappa shape index (κ2) is 5.77. The third kappa shape index (κ3) is 3.76. The lowest BCUT2D eigenvalue weighted by atomic mass is 10.0. The van der Waals surface area contributed by atoms with Crippen LogP contribution in [-0.4, -0.2) is 5.78 Å². The number of alkyl halides is 3. The average molecular weight is 314 g/mol. The van der Waals surface area contributed by atoms with Gasteiger partial charge in [-0.3, -0.25) is 4.79 Å². The Morgan fingerprint density at radius 3 is 2.24 bits per heavy atom. The molecule has 2 rings (SSSR count). The van der Waals surface area contributed by atoms with Crippen LogP contribution in [0.5, 0.6) is 0 Å². The summed E-state index contributed by atoms with van der Waals surface area (Å²) in [5, 5.41) is 0.229. The molecule has 0 aliphatic carbocycles. The van der Waals surface area contributed by atoms with Crippen LogP contribution in [0.2, 0.25) is 5.02 Å². The van der Waals surface area contributed by atoms with Gasteiger partial charge < -0.3 is 5.73 Å². The number of carbonyl (C=O) groups excluding carboxylic acids is 1. The summed E-state index contributed by atoms with van der Waals surface area (Å²) in [7, 11) is 0. The van der Waals surface area contributed by atoms with Crippen LogP contribution >= 0.6 is 11.6 Å². The van der Waals surface area contributed by atoms with Gasteiger partial charge in [-0.25, -0.2) is 0 Å². The maximum absolute atomic E-state index is 12.4. The Morgan fingerprint density at radius 2 is 1.71 bits per heavy atom. The van der Waals surface area contributed by atoms with Crippen molar-refractivity contribution in [3.8, 4) is 0 Å². The fraction of sp³-hybridized carbons (Fsp3) is 0.133. The zero-order valence-corrected chi connectivity index (χ0v) is 11.5. The lowest BCUT2D eigenvalue weighted by Crippen LogP contribution is -2.07. The molecule has 0 bridgehead atoms. The molecular weight excluding hydrogens is 303 g/mol. The number of Topliss-reactive ketones (excluding diaryl/α,β-unsaturated/α-hetero) is 1. The standard InChI is InChI=1S/C15H11ClF3NO/c16-13-8-11(20)5-6-12(13)14(21)7-9-1-3-10(4-2-9)15(17,18)19/h1-6,8H,7,20H2. The summed E-state index contributed by atoms with van der Waals surface area (Å²) in [6.07, 6.45) is -4.41. The quantitative estimate of drug-likeness (QED) is 0.675. The molecule has 0 unspecified atom stereocenters. The fourth-order valence-corrected chi connectivity index (χ4v) is 2.14. The number of nitrogen functional groups attached to an aromatic ring is 1. The highest BCUT2D eigenvalue weighted by atomic mass is 35.5. The van der Waals surface area contributed by atoms with Gasteiger partial charge in [0.05, 0.1) is 10.6 Å². The highest BCUT2D eigenvalue weighted by Crippen LogP contribution is 2.29. The number of nitrogens with two attached hydrogens (primary N) is 1.